The van der Waals surface area contributed by atoms with Crippen LogP contribution in [-0.4, -0.2) is 25.2 Å². The second kappa shape index (κ2) is 9.13. The maximum atomic E-state index is 12.1. The van der Waals surface area contributed by atoms with Crippen molar-refractivity contribution in [3.05, 3.63) is 80.5 Å². The molecule has 0 unspecified atom stereocenters. The molecule has 1 N–H and O–H groups in total. The topological polar surface area (TPSA) is 80.9 Å². The van der Waals surface area contributed by atoms with Gasteiger partial charge < -0.3 is 9.15 Å². The Morgan fingerprint density at radius 2 is 1.69 bits per heavy atom. The Hall–Kier alpha value is -2.80. The van der Waals surface area contributed by atoms with Gasteiger partial charge in [-0.05, 0) is 48.5 Å². The van der Waals surface area contributed by atoms with E-state index in [0.717, 1.165) is 0 Å². The molecule has 148 valence electrons. The van der Waals surface area contributed by atoms with E-state index in [4.69, 9.17) is 44.0 Å². The van der Waals surface area contributed by atoms with Crippen LogP contribution in [0, 0.1) is 0 Å². The number of nitrogens with zero attached hydrogens (tertiary/aromatic N) is 1. The van der Waals surface area contributed by atoms with Crippen LogP contribution in [0.5, 0.6) is 0 Å². The summed E-state index contributed by atoms with van der Waals surface area (Å²) in [6.07, 6.45) is 1.31. The zero-order valence-electron chi connectivity index (χ0n) is 14.9. The molecular formula is C20H13Cl3N2O4. The SMILES string of the molecule is COC(=O)c1ccc(Cl)cc1-c1ccc(/C=N\NC(=O)c2ccc(Cl)cc2Cl)o1. The first kappa shape index (κ1) is 20.9. The molecule has 0 aliphatic carbocycles. The second-order valence-corrected chi connectivity index (χ2v) is 6.99. The molecule has 29 heavy (non-hydrogen) atoms. The molecule has 0 radical (unpaired) electrons. The fourth-order valence-corrected chi connectivity index (χ4v) is 3.13. The minimum Gasteiger partial charge on any atom is -0.465 e. The minimum atomic E-state index is -0.518. The van der Waals surface area contributed by atoms with E-state index < -0.39 is 11.9 Å². The van der Waals surface area contributed by atoms with Gasteiger partial charge >= 0.3 is 5.97 Å². The van der Waals surface area contributed by atoms with E-state index in [1.54, 1.807) is 36.4 Å². The van der Waals surface area contributed by atoms with Crippen molar-refractivity contribution in [2.75, 3.05) is 7.11 Å². The Morgan fingerprint density at radius 1 is 1.00 bits per heavy atom. The number of carbonyl (C=O) groups excluding carboxylic acids is 2. The van der Waals surface area contributed by atoms with Gasteiger partial charge in [-0.2, -0.15) is 5.10 Å². The highest BCUT2D eigenvalue weighted by Crippen LogP contribution is 2.29. The number of methoxy groups -OCH3 is 1. The van der Waals surface area contributed by atoms with Crippen LogP contribution in [0.3, 0.4) is 0 Å². The number of nitrogens with one attached hydrogen (secondary N) is 1. The minimum absolute atomic E-state index is 0.210. The molecule has 0 aliphatic rings. The predicted octanol–water partition coefficient (Wildman–Crippen LogP) is 5.46. The second-order valence-electron chi connectivity index (χ2n) is 5.71. The van der Waals surface area contributed by atoms with E-state index in [0.29, 0.717) is 32.7 Å². The van der Waals surface area contributed by atoms with Gasteiger partial charge in [0, 0.05) is 15.6 Å². The lowest BCUT2D eigenvalue weighted by molar-refractivity contribution is 0.0601. The van der Waals surface area contributed by atoms with Gasteiger partial charge in [0.2, 0.25) is 0 Å². The number of ether oxygens (including phenoxy) is 1. The molecule has 3 aromatic rings. The highest BCUT2D eigenvalue weighted by molar-refractivity contribution is 6.36. The number of hydrogen-bond donors (Lipinski definition) is 1. The van der Waals surface area contributed by atoms with Gasteiger partial charge in [0.1, 0.15) is 11.5 Å². The number of benzene rings is 2. The number of carbonyl (C=O) groups is 2. The average molecular weight is 452 g/mol. The molecular weight excluding hydrogens is 439 g/mol. The van der Waals surface area contributed by atoms with Crippen LogP contribution < -0.4 is 5.43 Å². The maximum Gasteiger partial charge on any atom is 0.338 e. The Morgan fingerprint density at radius 3 is 2.38 bits per heavy atom. The monoisotopic (exact) mass is 450 g/mol. The standard InChI is InChI=1S/C20H13Cl3N2O4/c1-28-20(27)14-5-2-11(21)8-16(14)18-7-4-13(29-18)10-24-25-19(26)15-6-3-12(22)9-17(15)23/h2-10H,1H3,(H,25,26)/b24-10-. The first-order valence-electron chi connectivity index (χ1n) is 8.15. The average Bonchev–Trinajstić information content (AvgIpc) is 3.16. The quantitative estimate of drug-likeness (QED) is 0.317. The normalized spacial score (nSPS) is 10.9. The smallest absolute Gasteiger partial charge is 0.338 e. The summed E-state index contributed by atoms with van der Waals surface area (Å²) in [5, 5.41) is 4.92. The van der Waals surface area contributed by atoms with Crippen molar-refractivity contribution >= 4 is 52.9 Å². The van der Waals surface area contributed by atoms with Gasteiger partial charge in [-0.1, -0.05) is 34.8 Å². The number of halogens is 3. The van der Waals surface area contributed by atoms with E-state index in [1.165, 1.54) is 25.5 Å². The van der Waals surface area contributed by atoms with Gasteiger partial charge in [-0.3, -0.25) is 4.79 Å². The zero-order chi connectivity index (χ0) is 21.0. The fourth-order valence-electron chi connectivity index (χ4n) is 2.46. The van der Waals surface area contributed by atoms with E-state index >= 15 is 0 Å². The van der Waals surface area contributed by atoms with E-state index in [9.17, 15) is 9.59 Å². The number of amides is 1. The Labute approximate surface area is 181 Å². The summed E-state index contributed by atoms with van der Waals surface area (Å²) in [7, 11) is 1.29. The molecule has 1 heterocycles. The molecule has 0 saturated carbocycles. The Kier molecular flexibility index (Phi) is 6.59. The molecule has 2 aromatic carbocycles. The lowest BCUT2D eigenvalue weighted by Crippen LogP contribution is -2.17. The molecule has 6 nitrogen and oxygen atoms in total. The zero-order valence-corrected chi connectivity index (χ0v) is 17.2. The summed E-state index contributed by atoms with van der Waals surface area (Å²) in [5.74, 6) is -0.285. The lowest BCUT2D eigenvalue weighted by Gasteiger charge is -2.06. The summed E-state index contributed by atoms with van der Waals surface area (Å²) in [5.41, 5.74) is 3.36. The number of rotatable bonds is 5. The summed E-state index contributed by atoms with van der Waals surface area (Å²) in [4.78, 5) is 24.1. The summed E-state index contributed by atoms with van der Waals surface area (Å²) in [6.45, 7) is 0. The van der Waals surface area contributed by atoms with Crippen LogP contribution in [0.4, 0.5) is 0 Å². The van der Waals surface area contributed by atoms with Crippen molar-refractivity contribution in [2.45, 2.75) is 0 Å². The van der Waals surface area contributed by atoms with Crippen molar-refractivity contribution in [1.82, 2.24) is 5.43 Å². The first-order chi connectivity index (χ1) is 13.9. The van der Waals surface area contributed by atoms with Gasteiger partial charge in [-0.15, -0.1) is 0 Å². The molecule has 3 rings (SSSR count). The van der Waals surface area contributed by atoms with Crippen LogP contribution in [0.2, 0.25) is 15.1 Å². The molecule has 0 saturated heterocycles. The molecule has 0 spiro atoms. The Bertz CT molecular complexity index is 1110. The third-order valence-electron chi connectivity index (χ3n) is 3.81. The first-order valence-corrected chi connectivity index (χ1v) is 9.29. The molecule has 1 amide bonds. The maximum absolute atomic E-state index is 12.1. The largest absolute Gasteiger partial charge is 0.465 e. The highest BCUT2D eigenvalue weighted by atomic mass is 35.5. The number of hydrogen-bond acceptors (Lipinski definition) is 5. The molecule has 0 atom stereocenters. The van der Waals surface area contributed by atoms with Gasteiger partial charge in [0.25, 0.3) is 5.91 Å². The number of furan rings is 1. The van der Waals surface area contributed by atoms with Crippen molar-refractivity contribution < 1.29 is 18.7 Å². The van der Waals surface area contributed by atoms with Crippen molar-refractivity contribution in [2.24, 2.45) is 5.10 Å². The van der Waals surface area contributed by atoms with Crippen LogP contribution >= 0.6 is 34.8 Å². The highest BCUT2D eigenvalue weighted by Gasteiger charge is 2.16. The molecule has 0 aliphatic heterocycles. The Balaban J connectivity index is 1.76. The van der Waals surface area contributed by atoms with E-state index in [2.05, 4.69) is 10.5 Å². The number of hydrazone groups is 1. The van der Waals surface area contributed by atoms with Crippen molar-refractivity contribution in [3.8, 4) is 11.3 Å². The van der Waals surface area contributed by atoms with Crippen molar-refractivity contribution in [3.63, 3.8) is 0 Å². The summed E-state index contributed by atoms with van der Waals surface area (Å²) >= 11 is 17.8. The van der Waals surface area contributed by atoms with E-state index in [-0.39, 0.29) is 10.6 Å². The van der Waals surface area contributed by atoms with Gasteiger partial charge in [0.15, 0.2) is 0 Å². The molecule has 0 fully saturated rings. The summed E-state index contributed by atoms with van der Waals surface area (Å²) < 4.78 is 10.5. The summed E-state index contributed by atoms with van der Waals surface area (Å²) in [6, 6.07) is 12.5. The third kappa shape index (κ3) is 4.98. The van der Waals surface area contributed by atoms with Gasteiger partial charge in [-0.25, -0.2) is 10.2 Å². The van der Waals surface area contributed by atoms with Gasteiger partial charge in [0.05, 0.1) is 29.5 Å². The molecule has 0 bridgehead atoms. The van der Waals surface area contributed by atoms with Crippen LogP contribution in [-0.2, 0) is 4.74 Å². The fraction of sp³-hybridized carbons (Fsp3) is 0.0500. The van der Waals surface area contributed by atoms with Crippen molar-refractivity contribution in [1.29, 1.82) is 0 Å². The van der Waals surface area contributed by atoms with Crippen LogP contribution in [0.25, 0.3) is 11.3 Å². The molecule has 1 aromatic heterocycles. The predicted molar refractivity (Wildman–Crippen MR) is 112 cm³/mol. The lowest BCUT2D eigenvalue weighted by atomic mass is 10.1. The molecule has 9 heteroatoms. The van der Waals surface area contributed by atoms with E-state index in [1.807, 2.05) is 0 Å². The van der Waals surface area contributed by atoms with Crippen LogP contribution in [0.15, 0.2) is 58.0 Å². The van der Waals surface area contributed by atoms with Crippen LogP contribution in [0.1, 0.15) is 26.5 Å². The third-order valence-corrected chi connectivity index (χ3v) is 4.60. The number of esters is 1.